The summed E-state index contributed by atoms with van der Waals surface area (Å²) < 4.78 is 0. The van der Waals surface area contributed by atoms with Crippen molar-refractivity contribution in [2.75, 3.05) is 13.6 Å². The van der Waals surface area contributed by atoms with E-state index in [9.17, 15) is 4.79 Å². The Morgan fingerprint density at radius 2 is 2.05 bits per heavy atom. The van der Waals surface area contributed by atoms with E-state index in [4.69, 9.17) is 0 Å². The highest BCUT2D eigenvalue weighted by Gasteiger charge is 2.28. The van der Waals surface area contributed by atoms with Crippen molar-refractivity contribution in [3.8, 4) is 0 Å². The van der Waals surface area contributed by atoms with Crippen LogP contribution in [-0.2, 0) is 17.8 Å². The van der Waals surface area contributed by atoms with Gasteiger partial charge in [-0.05, 0) is 36.3 Å². The Morgan fingerprint density at radius 3 is 2.74 bits per heavy atom. The first-order valence-electron chi connectivity index (χ1n) is 7.29. The number of amides is 1. The van der Waals surface area contributed by atoms with Gasteiger partial charge in [-0.2, -0.15) is 0 Å². The van der Waals surface area contributed by atoms with E-state index < -0.39 is 0 Å². The molecule has 1 amide bonds. The lowest BCUT2D eigenvalue weighted by molar-refractivity contribution is -0.133. The minimum atomic E-state index is -0.0417. The molecule has 1 atom stereocenters. The summed E-state index contributed by atoms with van der Waals surface area (Å²) in [6, 6.07) is 8.36. The number of likely N-dealkylation sites (N-methyl/N-ethyl adjacent to an activating group) is 1. The van der Waals surface area contributed by atoms with Gasteiger partial charge in [0.15, 0.2) is 0 Å². The standard InChI is InChI=1S/C16H22N2O/c1-18(11-12-5-4-6-12)16(19)15-9-13-7-2-3-8-14(13)10-17-15/h2-3,7-8,12,15,17H,4-6,9-11H2,1H3. The largest absolute Gasteiger partial charge is 0.344 e. The zero-order valence-electron chi connectivity index (χ0n) is 11.6. The fourth-order valence-electron chi connectivity index (χ4n) is 3.05. The first-order chi connectivity index (χ1) is 9.24. The number of nitrogens with one attached hydrogen (secondary N) is 1. The minimum Gasteiger partial charge on any atom is -0.344 e. The number of rotatable bonds is 3. The fourth-order valence-corrected chi connectivity index (χ4v) is 3.05. The smallest absolute Gasteiger partial charge is 0.239 e. The topological polar surface area (TPSA) is 32.3 Å². The first-order valence-corrected chi connectivity index (χ1v) is 7.29. The van der Waals surface area contributed by atoms with Crippen molar-refractivity contribution in [3.05, 3.63) is 35.4 Å². The summed E-state index contributed by atoms with van der Waals surface area (Å²) in [6.45, 7) is 1.74. The fraction of sp³-hybridized carbons (Fsp3) is 0.562. The average molecular weight is 258 g/mol. The van der Waals surface area contributed by atoms with Crippen LogP contribution >= 0.6 is 0 Å². The number of hydrogen-bond donors (Lipinski definition) is 1. The van der Waals surface area contributed by atoms with E-state index in [1.54, 1.807) is 0 Å². The van der Waals surface area contributed by atoms with E-state index in [-0.39, 0.29) is 11.9 Å². The minimum absolute atomic E-state index is 0.0417. The third-order valence-electron chi connectivity index (χ3n) is 4.51. The molecule has 0 spiro atoms. The van der Waals surface area contributed by atoms with Gasteiger partial charge in [-0.1, -0.05) is 30.7 Å². The van der Waals surface area contributed by atoms with Crippen LogP contribution < -0.4 is 5.32 Å². The molecule has 3 rings (SSSR count). The molecule has 1 saturated carbocycles. The summed E-state index contributed by atoms with van der Waals surface area (Å²) in [4.78, 5) is 14.4. The third kappa shape index (κ3) is 2.66. The summed E-state index contributed by atoms with van der Waals surface area (Å²) in [6.07, 6.45) is 4.74. The van der Waals surface area contributed by atoms with E-state index in [0.29, 0.717) is 0 Å². The molecule has 1 aromatic carbocycles. The predicted octanol–water partition coefficient (Wildman–Crippen LogP) is 1.96. The maximum atomic E-state index is 12.4. The number of nitrogens with zero attached hydrogens (tertiary/aromatic N) is 1. The molecule has 2 aliphatic rings. The summed E-state index contributed by atoms with van der Waals surface area (Å²) in [5, 5.41) is 3.37. The highest BCUT2D eigenvalue weighted by atomic mass is 16.2. The first kappa shape index (κ1) is 12.7. The molecule has 1 aromatic rings. The van der Waals surface area contributed by atoms with E-state index in [2.05, 4.69) is 29.6 Å². The van der Waals surface area contributed by atoms with E-state index in [1.807, 2.05) is 11.9 Å². The molecular weight excluding hydrogens is 236 g/mol. The highest BCUT2D eigenvalue weighted by molar-refractivity contribution is 5.82. The molecule has 1 unspecified atom stereocenters. The lowest BCUT2D eigenvalue weighted by atomic mass is 9.85. The van der Waals surface area contributed by atoms with Crippen LogP contribution in [0.2, 0.25) is 0 Å². The summed E-state index contributed by atoms with van der Waals surface area (Å²) in [5.74, 6) is 0.992. The maximum absolute atomic E-state index is 12.4. The number of carbonyl (C=O) groups is 1. The second-order valence-electron chi connectivity index (χ2n) is 5.92. The van der Waals surface area contributed by atoms with Crippen LogP contribution in [0, 0.1) is 5.92 Å². The van der Waals surface area contributed by atoms with Gasteiger partial charge >= 0.3 is 0 Å². The van der Waals surface area contributed by atoms with Crippen LogP contribution in [0.1, 0.15) is 30.4 Å². The lowest BCUT2D eigenvalue weighted by Crippen LogP contribution is -2.49. The molecule has 0 bridgehead atoms. The zero-order chi connectivity index (χ0) is 13.2. The second kappa shape index (κ2) is 5.33. The number of benzene rings is 1. The molecule has 1 heterocycles. The Morgan fingerprint density at radius 1 is 1.32 bits per heavy atom. The van der Waals surface area contributed by atoms with Gasteiger partial charge in [0.25, 0.3) is 0 Å². The number of carbonyl (C=O) groups excluding carboxylic acids is 1. The van der Waals surface area contributed by atoms with Crippen molar-refractivity contribution in [1.82, 2.24) is 10.2 Å². The van der Waals surface area contributed by atoms with E-state index >= 15 is 0 Å². The van der Waals surface area contributed by atoms with Gasteiger partial charge in [0, 0.05) is 20.1 Å². The van der Waals surface area contributed by atoms with Crippen LogP contribution in [0.4, 0.5) is 0 Å². The number of hydrogen-bond acceptors (Lipinski definition) is 2. The Kier molecular flexibility index (Phi) is 3.56. The maximum Gasteiger partial charge on any atom is 0.239 e. The van der Waals surface area contributed by atoms with Crippen molar-refractivity contribution in [3.63, 3.8) is 0 Å². The molecule has 1 fully saturated rings. The lowest BCUT2D eigenvalue weighted by Gasteiger charge is -2.33. The van der Waals surface area contributed by atoms with Crippen LogP contribution in [0.25, 0.3) is 0 Å². The SMILES string of the molecule is CN(CC1CCC1)C(=O)C1Cc2ccccc2CN1. The average Bonchev–Trinajstić information content (AvgIpc) is 2.41. The van der Waals surface area contributed by atoms with Crippen LogP contribution in [-0.4, -0.2) is 30.4 Å². The zero-order valence-corrected chi connectivity index (χ0v) is 11.6. The van der Waals surface area contributed by atoms with Crippen LogP contribution in [0.3, 0.4) is 0 Å². The molecule has 0 saturated heterocycles. The summed E-state index contributed by atoms with van der Waals surface area (Å²) in [5.41, 5.74) is 2.64. The molecule has 19 heavy (non-hydrogen) atoms. The quantitative estimate of drug-likeness (QED) is 0.899. The summed E-state index contributed by atoms with van der Waals surface area (Å²) >= 11 is 0. The molecule has 0 radical (unpaired) electrons. The van der Waals surface area contributed by atoms with Gasteiger partial charge in [0.05, 0.1) is 6.04 Å². The normalized spacial score (nSPS) is 22.5. The molecule has 1 aliphatic heterocycles. The predicted molar refractivity (Wildman–Crippen MR) is 75.8 cm³/mol. The van der Waals surface area contributed by atoms with Crippen molar-refractivity contribution in [1.29, 1.82) is 0 Å². The Balaban J connectivity index is 1.62. The Hall–Kier alpha value is -1.35. The monoisotopic (exact) mass is 258 g/mol. The molecule has 1 aliphatic carbocycles. The Labute approximate surface area is 115 Å². The van der Waals surface area contributed by atoms with Crippen LogP contribution in [0.15, 0.2) is 24.3 Å². The molecular formula is C16H22N2O. The van der Waals surface area contributed by atoms with Gasteiger partial charge in [-0.3, -0.25) is 4.79 Å². The van der Waals surface area contributed by atoms with Gasteiger partial charge in [-0.15, -0.1) is 0 Å². The van der Waals surface area contributed by atoms with Crippen LogP contribution in [0.5, 0.6) is 0 Å². The Bertz CT molecular complexity index is 468. The second-order valence-corrected chi connectivity index (χ2v) is 5.92. The van der Waals surface area contributed by atoms with Gasteiger partial charge in [-0.25, -0.2) is 0 Å². The molecule has 102 valence electrons. The molecule has 3 heteroatoms. The van der Waals surface area contributed by atoms with Crippen molar-refractivity contribution in [2.24, 2.45) is 5.92 Å². The van der Waals surface area contributed by atoms with Crippen molar-refractivity contribution >= 4 is 5.91 Å². The van der Waals surface area contributed by atoms with Crippen molar-refractivity contribution in [2.45, 2.75) is 38.3 Å². The highest BCUT2D eigenvalue weighted by Crippen LogP contribution is 2.27. The van der Waals surface area contributed by atoms with E-state index in [1.165, 1.54) is 30.4 Å². The molecule has 0 aromatic heterocycles. The van der Waals surface area contributed by atoms with Crippen molar-refractivity contribution < 1.29 is 4.79 Å². The summed E-state index contributed by atoms with van der Waals surface area (Å²) in [7, 11) is 1.95. The van der Waals surface area contributed by atoms with Gasteiger partial charge in [0.2, 0.25) is 5.91 Å². The number of fused-ring (bicyclic) bond motifs is 1. The molecule has 3 nitrogen and oxygen atoms in total. The molecule has 1 N–H and O–H groups in total. The van der Waals surface area contributed by atoms with E-state index in [0.717, 1.165) is 25.4 Å². The van der Waals surface area contributed by atoms with Gasteiger partial charge in [0.1, 0.15) is 0 Å². The third-order valence-corrected chi connectivity index (χ3v) is 4.51. The van der Waals surface area contributed by atoms with Gasteiger partial charge < -0.3 is 10.2 Å².